The van der Waals surface area contributed by atoms with Crippen molar-refractivity contribution in [3.8, 4) is 0 Å². The van der Waals surface area contributed by atoms with Gasteiger partial charge in [-0.2, -0.15) is 0 Å². The molecule has 0 atom stereocenters. The first-order valence-electron chi connectivity index (χ1n) is 5.65. The van der Waals surface area contributed by atoms with Gasteiger partial charge in [0.25, 0.3) is 0 Å². The lowest BCUT2D eigenvalue weighted by Gasteiger charge is -2.25. The molecule has 0 saturated heterocycles. The highest BCUT2D eigenvalue weighted by Crippen LogP contribution is 2.10. The number of hydrogen-bond donors (Lipinski definition) is 2. The number of nitrogens with zero attached hydrogens (tertiary/aromatic N) is 2. The molecule has 5 nitrogen and oxygen atoms in total. The number of imidazole rings is 1. The maximum absolute atomic E-state index is 11.8. The first-order chi connectivity index (χ1) is 7.62. The second-order valence-electron chi connectivity index (χ2n) is 3.92. The predicted molar refractivity (Wildman–Crippen MR) is 62.7 cm³/mol. The molecule has 0 unspecified atom stereocenters. The smallest absolute Gasteiger partial charge is 0.240 e. The fraction of sp³-hybridized carbons (Fsp3) is 0.636. The fourth-order valence-corrected chi connectivity index (χ4v) is 1.46. The van der Waals surface area contributed by atoms with Crippen molar-refractivity contribution in [2.75, 3.05) is 6.54 Å². The van der Waals surface area contributed by atoms with Crippen molar-refractivity contribution < 1.29 is 4.79 Å². The van der Waals surface area contributed by atoms with Crippen molar-refractivity contribution in [2.24, 2.45) is 5.73 Å². The minimum atomic E-state index is -0.727. The maximum Gasteiger partial charge on any atom is 0.240 e. The van der Waals surface area contributed by atoms with Gasteiger partial charge in [-0.25, -0.2) is 4.98 Å². The van der Waals surface area contributed by atoms with Crippen LogP contribution in [0, 0.1) is 0 Å². The molecular weight excluding hydrogens is 204 g/mol. The topological polar surface area (TPSA) is 72.9 Å². The van der Waals surface area contributed by atoms with Crippen molar-refractivity contribution in [2.45, 2.75) is 38.8 Å². The van der Waals surface area contributed by atoms with E-state index in [1.54, 1.807) is 12.5 Å². The van der Waals surface area contributed by atoms with Gasteiger partial charge in [-0.3, -0.25) is 4.79 Å². The van der Waals surface area contributed by atoms with E-state index in [0.29, 0.717) is 19.4 Å². The van der Waals surface area contributed by atoms with Gasteiger partial charge in [-0.1, -0.05) is 13.8 Å². The van der Waals surface area contributed by atoms with E-state index in [2.05, 4.69) is 10.3 Å². The van der Waals surface area contributed by atoms with E-state index in [-0.39, 0.29) is 5.91 Å². The lowest BCUT2D eigenvalue weighted by molar-refractivity contribution is -0.126. The molecule has 0 aliphatic heterocycles. The molecule has 1 amide bonds. The Morgan fingerprint density at radius 2 is 2.19 bits per heavy atom. The Kier molecular flexibility index (Phi) is 4.49. The molecule has 0 saturated carbocycles. The highest BCUT2D eigenvalue weighted by molar-refractivity contribution is 5.85. The molecule has 1 aromatic heterocycles. The Morgan fingerprint density at radius 1 is 1.50 bits per heavy atom. The number of nitrogens with two attached hydrogens (primary N) is 1. The molecule has 90 valence electrons. The third-order valence-corrected chi connectivity index (χ3v) is 2.93. The normalized spacial score (nSPS) is 11.4. The highest BCUT2D eigenvalue weighted by atomic mass is 16.2. The van der Waals surface area contributed by atoms with Crippen LogP contribution in [0.5, 0.6) is 0 Å². The van der Waals surface area contributed by atoms with Gasteiger partial charge < -0.3 is 15.6 Å². The quantitative estimate of drug-likeness (QED) is 0.739. The molecule has 0 radical (unpaired) electrons. The minimum Gasteiger partial charge on any atom is -0.353 e. The van der Waals surface area contributed by atoms with Crippen LogP contribution in [0.2, 0.25) is 0 Å². The first-order valence-corrected chi connectivity index (χ1v) is 5.65. The van der Waals surface area contributed by atoms with E-state index < -0.39 is 5.54 Å². The standard InChI is InChI=1S/C11H20N4O/c1-3-11(12,4-2)10(16)14-6-8-15-7-5-13-9-15/h5,7,9H,3-4,6,8,12H2,1-2H3,(H,14,16). The summed E-state index contributed by atoms with van der Waals surface area (Å²) < 4.78 is 1.91. The molecule has 0 aliphatic rings. The van der Waals surface area contributed by atoms with Gasteiger partial charge >= 0.3 is 0 Å². The van der Waals surface area contributed by atoms with E-state index in [0.717, 1.165) is 6.54 Å². The number of carbonyl (C=O) groups is 1. The van der Waals surface area contributed by atoms with E-state index in [4.69, 9.17) is 5.73 Å². The number of hydrogen-bond acceptors (Lipinski definition) is 3. The SMILES string of the molecule is CCC(N)(CC)C(=O)NCCn1ccnc1. The average molecular weight is 224 g/mol. The largest absolute Gasteiger partial charge is 0.353 e. The monoisotopic (exact) mass is 224 g/mol. The third-order valence-electron chi connectivity index (χ3n) is 2.93. The lowest BCUT2D eigenvalue weighted by Crippen LogP contribution is -2.53. The van der Waals surface area contributed by atoms with E-state index in [1.165, 1.54) is 0 Å². The van der Waals surface area contributed by atoms with Crippen LogP contribution in [0.4, 0.5) is 0 Å². The predicted octanol–water partition coefficient (Wildman–Crippen LogP) is 0.517. The van der Waals surface area contributed by atoms with Crippen LogP contribution >= 0.6 is 0 Å². The lowest BCUT2D eigenvalue weighted by atomic mass is 9.93. The van der Waals surface area contributed by atoms with Crippen molar-refractivity contribution in [1.82, 2.24) is 14.9 Å². The molecular formula is C11H20N4O. The molecule has 1 heterocycles. The summed E-state index contributed by atoms with van der Waals surface area (Å²) in [7, 11) is 0. The average Bonchev–Trinajstić information content (AvgIpc) is 2.80. The molecule has 0 fully saturated rings. The summed E-state index contributed by atoms with van der Waals surface area (Å²) in [6.45, 7) is 5.15. The second kappa shape index (κ2) is 5.65. The Labute approximate surface area is 96.0 Å². The second-order valence-corrected chi connectivity index (χ2v) is 3.92. The zero-order chi connectivity index (χ0) is 12.0. The molecule has 1 aromatic rings. The van der Waals surface area contributed by atoms with E-state index in [9.17, 15) is 4.79 Å². The van der Waals surface area contributed by atoms with Gasteiger partial charge in [-0.15, -0.1) is 0 Å². The van der Waals surface area contributed by atoms with Crippen LogP contribution in [-0.2, 0) is 11.3 Å². The molecule has 0 aliphatic carbocycles. The number of nitrogens with one attached hydrogen (secondary N) is 1. The number of amides is 1. The van der Waals surface area contributed by atoms with Crippen molar-refractivity contribution >= 4 is 5.91 Å². The maximum atomic E-state index is 11.8. The Bertz CT molecular complexity index is 317. The third kappa shape index (κ3) is 3.06. The van der Waals surface area contributed by atoms with Gasteiger partial charge in [0, 0.05) is 25.5 Å². The molecule has 1 rings (SSSR count). The molecule has 16 heavy (non-hydrogen) atoms. The van der Waals surface area contributed by atoms with Gasteiger partial charge in [0.15, 0.2) is 0 Å². The summed E-state index contributed by atoms with van der Waals surface area (Å²) in [5, 5.41) is 2.85. The van der Waals surface area contributed by atoms with Crippen LogP contribution in [0.25, 0.3) is 0 Å². The van der Waals surface area contributed by atoms with E-state index in [1.807, 2.05) is 24.6 Å². The fourth-order valence-electron chi connectivity index (χ4n) is 1.46. The highest BCUT2D eigenvalue weighted by Gasteiger charge is 2.29. The zero-order valence-electron chi connectivity index (χ0n) is 9.94. The van der Waals surface area contributed by atoms with E-state index >= 15 is 0 Å². The summed E-state index contributed by atoms with van der Waals surface area (Å²) in [5.74, 6) is -0.0717. The Hall–Kier alpha value is -1.36. The number of rotatable bonds is 6. The Morgan fingerprint density at radius 3 is 2.69 bits per heavy atom. The van der Waals surface area contributed by atoms with Crippen molar-refractivity contribution in [3.63, 3.8) is 0 Å². The summed E-state index contributed by atoms with van der Waals surface area (Å²) in [6, 6.07) is 0. The molecule has 0 spiro atoms. The summed E-state index contributed by atoms with van der Waals surface area (Å²) in [4.78, 5) is 15.7. The zero-order valence-corrected chi connectivity index (χ0v) is 9.94. The summed E-state index contributed by atoms with van der Waals surface area (Å²) >= 11 is 0. The number of aromatic nitrogens is 2. The molecule has 0 aromatic carbocycles. The molecule has 5 heteroatoms. The Balaban J connectivity index is 2.35. The minimum absolute atomic E-state index is 0.0717. The van der Waals surface area contributed by atoms with Gasteiger partial charge in [0.2, 0.25) is 5.91 Å². The van der Waals surface area contributed by atoms with Gasteiger partial charge in [0.05, 0.1) is 11.9 Å². The number of carbonyl (C=O) groups excluding carboxylic acids is 1. The van der Waals surface area contributed by atoms with Gasteiger partial charge in [0.1, 0.15) is 0 Å². The van der Waals surface area contributed by atoms with Crippen molar-refractivity contribution in [3.05, 3.63) is 18.7 Å². The first kappa shape index (κ1) is 12.7. The van der Waals surface area contributed by atoms with Crippen LogP contribution in [0.15, 0.2) is 18.7 Å². The van der Waals surface area contributed by atoms with Crippen molar-refractivity contribution in [1.29, 1.82) is 0 Å². The van der Waals surface area contributed by atoms with Crippen LogP contribution in [0.3, 0.4) is 0 Å². The summed E-state index contributed by atoms with van der Waals surface area (Å²) in [6.07, 6.45) is 6.61. The molecule has 0 bridgehead atoms. The molecule has 3 N–H and O–H groups in total. The summed E-state index contributed by atoms with van der Waals surface area (Å²) in [5.41, 5.74) is 5.24. The van der Waals surface area contributed by atoms with Gasteiger partial charge in [-0.05, 0) is 12.8 Å². The van der Waals surface area contributed by atoms with Crippen LogP contribution in [-0.4, -0.2) is 27.5 Å². The van der Waals surface area contributed by atoms with Crippen LogP contribution < -0.4 is 11.1 Å². The van der Waals surface area contributed by atoms with Crippen LogP contribution in [0.1, 0.15) is 26.7 Å².